The summed E-state index contributed by atoms with van der Waals surface area (Å²) in [6.07, 6.45) is 6.58. The topological polar surface area (TPSA) is 46.3 Å². The van der Waals surface area contributed by atoms with Gasteiger partial charge in [-0.05, 0) is 25.3 Å². The van der Waals surface area contributed by atoms with Crippen molar-refractivity contribution in [2.75, 3.05) is 13.6 Å². The molecule has 1 unspecified atom stereocenters. The molecule has 2 N–H and O–H groups in total. The molecule has 2 rings (SSSR count). The summed E-state index contributed by atoms with van der Waals surface area (Å²) in [4.78, 5) is 15.0. The summed E-state index contributed by atoms with van der Waals surface area (Å²) < 4.78 is 0. The lowest BCUT2D eigenvalue weighted by Crippen LogP contribution is -2.47. The van der Waals surface area contributed by atoms with E-state index in [-0.39, 0.29) is 17.4 Å². The van der Waals surface area contributed by atoms with Gasteiger partial charge in [-0.1, -0.05) is 56.0 Å². The normalized spacial score (nSPS) is 19.6. The first-order valence-corrected chi connectivity index (χ1v) is 8.13. The van der Waals surface area contributed by atoms with E-state index in [0.29, 0.717) is 6.54 Å². The zero-order chi connectivity index (χ0) is 15.3. The molecule has 0 saturated heterocycles. The molecule has 1 fully saturated rings. The number of nitrogens with two attached hydrogens (primary N) is 1. The summed E-state index contributed by atoms with van der Waals surface area (Å²) in [5.41, 5.74) is 6.87. The highest BCUT2D eigenvalue weighted by Crippen LogP contribution is 2.37. The Morgan fingerprint density at radius 2 is 1.76 bits per heavy atom. The third-order valence-corrected chi connectivity index (χ3v) is 5.09. The highest BCUT2D eigenvalue weighted by molar-refractivity contribution is 5.83. The van der Waals surface area contributed by atoms with Crippen molar-refractivity contribution < 1.29 is 4.79 Å². The molecule has 1 aliphatic rings. The molecule has 21 heavy (non-hydrogen) atoms. The number of rotatable bonds is 4. The van der Waals surface area contributed by atoms with Crippen molar-refractivity contribution in [3.63, 3.8) is 0 Å². The standard InChI is InChI=1S/C18H28N2O/c1-15(16-10-6-5-7-11-16)20(2)17(21)18(14-19)12-8-3-4-9-13-18/h5-7,10-11,15H,3-4,8-9,12-14,19H2,1-2H3. The molecule has 1 aliphatic carbocycles. The van der Waals surface area contributed by atoms with Crippen LogP contribution >= 0.6 is 0 Å². The predicted octanol–water partition coefficient (Wildman–Crippen LogP) is 3.51. The van der Waals surface area contributed by atoms with Gasteiger partial charge in [0, 0.05) is 13.6 Å². The second-order valence-electron chi connectivity index (χ2n) is 6.40. The molecule has 116 valence electrons. The molecular formula is C18H28N2O. The number of nitrogens with zero attached hydrogens (tertiary/aromatic N) is 1. The van der Waals surface area contributed by atoms with Crippen molar-refractivity contribution in [3.8, 4) is 0 Å². The molecule has 0 radical (unpaired) electrons. The molecule has 1 atom stereocenters. The van der Waals surface area contributed by atoms with E-state index in [2.05, 4.69) is 19.1 Å². The minimum atomic E-state index is -0.339. The number of carbonyl (C=O) groups is 1. The molecule has 1 aromatic rings. The Morgan fingerprint density at radius 3 is 2.29 bits per heavy atom. The number of amides is 1. The third-order valence-electron chi connectivity index (χ3n) is 5.09. The fourth-order valence-electron chi connectivity index (χ4n) is 3.42. The summed E-state index contributed by atoms with van der Waals surface area (Å²) in [5.74, 6) is 0.225. The molecular weight excluding hydrogens is 260 g/mol. The Hall–Kier alpha value is -1.35. The van der Waals surface area contributed by atoms with Crippen LogP contribution in [-0.4, -0.2) is 24.4 Å². The summed E-state index contributed by atoms with van der Waals surface area (Å²) in [6, 6.07) is 10.3. The molecule has 1 aromatic carbocycles. The van der Waals surface area contributed by atoms with Crippen LogP contribution in [0, 0.1) is 5.41 Å². The lowest BCUT2D eigenvalue weighted by Gasteiger charge is -2.37. The van der Waals surface area contributed by atoms with Gasteiger partial charge in [-0.2, -0.15) is 0 Å². The van der Waals surface area contributed by atoms with E-state index in [1.165, 1.54) is 18.4 Å². The SMILES string of the molecule is CC(c1ccccc1)N(C)C(=O)C1(CN)CCCCCC1. The Bertz CT molecular complexity index is 450. The molecule has 1 amide bonds. The molecule has 0 spiro atoms. The van der Waals surface area contributed by atoms with Gasteiger partial charge in [-0.15, -0.1) is 0 Å². The third kappa shape index (κ3) is 3.46. The summed E-state index contributed by atoms with van der Waals surface area (Å²) in [6.45, 7) is 2.56. The van der Waals surface area contributed by atoms with E-state index in [9.17, 15) is 4.79 Å². The van der Waals surface area contributed by atoms with E-state index < -0.39 is 0 Å². The molecule has 3 heteroatoms. The van der Waals surface area contributed by atoms with Gasteiger partial charge in [-0.3, -0.25) is 4.79 Å². The van der Waals surface area contributed by atoms with Crippen LogP contribution in [0.2, 0.25) is 0 Å². The van der Waals surface area contributed by atoms with E-state index in [0.717, 1.165) is 25.7 Å². The molecule has 0 aromatic heterocycles. The maximum Gasteiger partial charge on any atom is 0.230 e. The van der Waals surface area contributed by atoms with E-state index in [4.69, 9.17) is 5.73 Å². The van der Waals surface area contributed by atoms with Crippen LogP contribution in [0.4, 0.5) is 0 Å². The lowest BCUT2D eigenvalue weighted by molar-refractivity contribution is -0.143. The van der Waals surface area contributed by atoms with Crippen LogP contribution in [0.3, 0.4) is 0 Å². The molecule has 3 nitrogen and oxygen atoms in total. The maximum atomic E-state index is 13.1. The van der Waals surface area contributed by atoms with Crippen LogP contribution in [-0.2, 0) is 4.79 Å². The zero-order valence-electron chi connectivity index (χ0n) is 13.3. The predicted molar refractivity (Wildman–Crippen MR) is 86.8 cm³/mol. The van der Waals surface area contributed by atoms with Crippen molar-refractivity contribution in [1.29, 1.82) is 0 Å². The summed E-state index contributed by atoms with van der Waals surface area (Å²) >= 11 is 0. The zero-order valence-corrected chi connectivity index (χ0v) is 13.3. The van der Waals surface area contributed by atoms with Crippen molar-refractivity contribution in [3.05, 3.63) is 35.9 Å². The van der Waals surface area contributed by atoms with Crippen molar-refractivity contribution in [1.82, 2.24) is 4.90 Å². The van der Waals surface area contributed by atoms with Gasteiger partial charge in [0.1, 0.15) is 0 Å². The Balaban J connectivity index is 2.16. The van der Waals surface area contributed by atoms with Gasteiger partial charge in [0.2, 0.25) is 5.91 Å². The second kappa shape index (κ2) is 7.08. The lowest BCUT2D eigenvalue weighted by atomic mass is 9.78. The van der Waals surface area contributed by atoms with E-state index in [1.54, 1.807) is 0 Å². The highest BCUT2D eigenvalue weighted by atomic mass is 16.2. The van der Waals surface area contributed by atoms with Crippen LogP contribution in [0.1, 0.15) is 57.1 Å². The quantitative estimate of drug-likeness (QED) is 0.862. The number of hydrogen-bond donors (Lipinski definition) is 1. The highest BCUT2D eigenvalue weighted by Gasteiger charge is 2.40. The summed E-state index contributed by atoms with van der Waals surface area (Å²) in [7, 11) is 1.92. The Morgan fingerprint density at radius 1 is 1.19 bits per heavy atom. The van der Waals surface area contributed by atoms with Crippen LogP contribution in [0.15, 0.2) is 30.3 Å². The smallest absolute Gasteiger partial charge is 0.230 e. The second-order valence-corrected chi connectivity index (χ2v) is 6.40. The van der Waals surface area contributed by atoms with Crippen molar-refractivity contribution in [2.45, 2.75) is 51.5 Å². The fourth-order valence-corrected chi connectivity index (χ4v) is 3.42. The molecule has 0 heterocycles. The Labute approximate surface area is 128 Å². The first-order valence-electron chi connectivity index (χ1n) is 8.13. The van der Waals surface area contributed by atoms with Crippen LogP contribution in [0.25, 0.3) is 0 Å². The van der Waals surface area contributed by atoms with E-state index >= 15 is 0 Å². The minimum Gasteiger partial charge on any atom is -0.338 e. The van der Waals surface area contributed by atoms with Crippen LogP contribution < -0.4 is 5.73 Å². The average Bonchev–Trinajstić information content (AvgIpc) is 2.80. The van der Waals surface area contributed by atoms with Gasteiger partial charge in [-0.25, -0.2) is 0 Å². The van der Waals surface area contributed by atoms with Gasteiger partial charge in [0.15, 0.2) is 0 Å². The van der Waals surface area contributed by atoms with Gasteiger partial charge in [0.25, 0.3) is 0 Å². The Kier molecular flexibility index (Phi) is 5.40. The number of hydrogen-bond acceptors (Lipinski definition) is 2. The fraction of sp³-hybridized carbons (Fsp3) is 0.611. The largest absolute Gasteiger partial charge is 0.338 e. The van der Waals surface area contributed by atoms with Crippen LogP contribution in [0.5, 0.6) is 0 Å². The molecule has 0 aliphatic heterocycles. The monoisotopic (exact) mass is 288 g/mol. The first kappa shape index (κ1) is 16.0. The van der Waals surface area contributed by atoms with Crippen molar-refractivity contribution >= 4 is 5.91 Å². The average molecular weight is 288 g/mol. The molecule has 0 bridgehead atoms. The first-order chi connectivity index (χ1) is 10.1. The molecule has 1 saturated carbocycles. The maximum absolute atomic E-state index is 13.1. The van der Waals surface area contributed by atoms with Gasteiger partial charge < -0.3 is 10.6 Å². The van der Waals surface area contributed by atoms with Crippen molar-refractivity contribution in [2.24, 2.45) is 11.1 Å². The number of carbonyl (C=O) groups excluding carboxylic acids is 1. The summed E-state index contributed by atoms with van der Waals surface area (Å²) in [5, 5.41) is 0. The van der Waals surface area contributed by atoms with Gasteiger partial charge in [0.05, 0.1) is 11.5 Å². The van der Waals surface area contributed by atoms with Gasteiger partial charge >= 0.3 is 0 Å². The minimum absolute atomic E-state index is 0.0883. The van der Waals surface area contributed by atoms with E-state index in [1.807, 2.05) is 30.1 Å². The number of benzene rings is 1.